The third-order valence-corrected chi connectivity index (χ3v) is 2.80. The molecule has 1 unspecified atom stereocenters. The van der Waals surface area contributed by atoms with E-state index in [0.29, 0.717) is 12.0 Å². The number of nitrogens with zero attached hydrogens (tertiary/aromatic N) is 3. The number of aromatic nitrogens is 3. The van der Waals surface area contributed by atoms with Crippen molar-refractivity contribution in [2.75, 3.05) is 13.2 Å². The number of ether oxygens (including phenoxy) is 1. The highest BCUT2D eigenvalue weighted by Gasteiger charge is 2.28. The number of hydrogen-bond acceptors (Lipinski definition) is 3. The molecular formula is C9H13N3O. The third kappa shape index (κ3) is 1.35. The van der Waals surface area contributed by atoms with E-state index in [2.05, 4.69) is 16.5 Å². The van der Waals surface area contributed by atoms with E-state index < -0.39 is 0 Å². The van der Waals surface area contributed by atoms with E-state index in [0.717, 1.165) is 19.6 Å². The molecule has 4 nitrogen and oxygen atoms in total. The van der Waals surface area contributed by atoms with E-state index in [1.54, 1.807) is 0 Å². The molecule has 2 fully saturated rings. The lowest BCUT2D eigenvalue weighted by atomic mass is 10.2. The van der Waals surface area contributed by atoms with Crippen LogP contribution in [0.2, 0.25) is 0 Å². The van der Waals surface area contributed by atoms with Gasteiger partial charge in [-0.25, -0.2) is 4.68 Å². The molecule has 0 radical (unpaired) electrons. The molecule has 0 amide bonds. The molecule has 2 aliphatic rings. The lowest BCUT2D eigenvalue weighted by Crippen LogP contribution is -2.08. The monoisotopic (exact) mass is 179 g/mol. The predicted molar refractivity (Wildman–Crippen MR) is 46.5 cm³/mol. The molecule has 0 N–H and O–H groups in total. The summed E-state index contributed by atoms with van der Waals surface area (Å²) in [5, 5.41) is 8.33. The maximum absolute atomic E-state index is 5.31. The van der Waals surface area contributed by atoms with Crippen molar-refractivity contribution in [3.05, 3.63) is 11.9 Å². The van der Waals surface area contributed by atoms with Crippen molar-refractivity contribution in [2.45, 2.75) is 31.2 Å². The highest BCUT2D eigenvalue weighted by atomic mass is 16.5. The molecule has 0 bridgehead atoms. The number of rotatable bonds is 2. The number of hydrogen-bond donors (Lipinski definition) is 0. The Morgan fingerprint density at radius 2 is 2.31 bits per heavy atom. The lowest BCUT2D eigenvalue weighted by molar-refractivity contribution is 0.184. The Bertz CT molecular complexity index is 300. The summed E-state index contributed by atoms with van der Waals surface area (Å²) in [5.41, 5.74) is 1.17. The molecule has 2 heterocycles. The van der Waals surface area contributed by atoms with Crippen molar-refractivity contribution in [3.8, 4) is 0 Å². The summed E-state index contributed by atoms with van der Waals surface area (Å²) in [6.45, 7) is 1.66. The Morgan fingerprint density at radius 1 is 1.38 bits per heavy atom. The third-order valence-electron chi connectivity index (χ3n) is 2.80. The normalized spacial score (nSPS) is 28.2. The average molecular weight is 179 g/mol. The molecule has 1 atom stereocenters. The van der Waals surface area contributed by atoms with Gasteiger partial charge in [0.2, 0.25) is 0 Å². The second-order valence-corrected chi connectivity index (χ2v) is 3.92. The zero-order valence-corrected chi connectivity index (χ0v) is 7.52. The molecule has 1 aromatic rings. The summed E-state index contributed by atoms with van der Waals surface area (Å²) in [7, 11) is 0. The van der Waals surface area contributed by atoms with Crippen LogP contribution in [-0.4, -0.2) is 28.2 Å². The van der Waals surface area contributed by atoms with Crippen LogP contribution in [-0.2, 0) is 4.74 Å². The molecule has 3 rings (SSSR count). The second-order valence-electron chi connectivity index (χ2n) is 3.92. The van der Waals surface area contributed by atoms with Gasteiger partial charge in [0.15, 0.2) is 0 Å². The van der Waals surface area contributed by atoms with Gasteiger partial charge >= 0.3 is 0 Å². The first-order valence-corrected chi connectivity index (χ1v) is 4.93. The van der Waals surface area contributed by atoms with Gasteiger partial charge in [-0.05, 0) is 19.3 Å². The molecule has 1 aromatic heterocycles. The van der Waals surface area contributed by atoms with Gasteiger partial charge in [0.05, 0.1) is 18.3 Å². The Morgan fingerprint density at radius 3 is 3.00 bits per heavy atom. The van der Waals surface area contributed by atoms with E-state index in [9.17, 15) is 0 Å². The fraction of sp³-hybridized carbons (Fsp3) is 0.778. The van der Waals surface area contributed by atoms with Crippen LogP contribution >= 0.6 is 0 Å². The molecular weight excluding hydrogens is 166 g/mol. The molecule has 0 spiro atoms. The minimum atomic E-state index is 0.431. The summed E-state index contributed by atoms with van der Waals surface area (Å²) < 4.78 is 7.28. The van der Waals surface area contributed by atoms with Crippen LogP contribution in [0.3, 0.4) is 0 Å². The van der Waals surface area contributed by atoms with E-state index >= 15 is 0 Å². The second kappa shape index (κ2) is 2.80. The molecule has 1 saturated carbocycles. The molecule has 70 valence electrons. The van der Waals surface area contributed by atoms with Gasteiger partial charge in [-0.3, -0.25) is 0 Å². The van der Waals surface area contributed by atoms with E-state index in [1.165, 1.54) is 18.5 Å². The van der Waals surface area contributed by atoms with Gasteiger partial charge in [0.1, 0.15) is 0 Å². The van der Waals surface area contributed by atoms with Crippen LogP contribution in [0.4, 0.5) is 0 Å². The SMILES string of the molecule is c1c(C2CC2)nnn1C1CCOC1. The summed E-state index contributed by atoms with van der Waals surface area (Å²) in [6.07, 6.45) is 5.75. The van der Waals surface area contributed by atoms with Crippen LogP contribution in [0.25, 0.3) is 0 Å². The van der Waals surface area contributed by atoms with Crippen molar-refractivity contribution in [2.24, 2.45) is 0 Å². The Hall–Kier alpha value is -0.900. The first-order chi connectivity index (χ1) is 6.43. The maximum Gasteiger partial charge on any atom is 0.0858 e. The van der Waals surface area contributed by atoms with E-state index in [-0.39, 0.29) is 0 Å². The molecule has 0 aromatic carbocycles. The maximum atomic E-state index is 5.31. The van der Waals surface area contributed by atoms with E-state index in [1.807, 2.05) is 4.68 Å². The highest BCUT2D eigenvalue weighted by molar-refractivity contribution is 5.09. The topological polar surface area (TPSA) is 39.9 Å². The highest BCUT2D eigenvalue weighted by Crippen LogP contribution is 2.38. The first kappa shape index (κ1) is 7.50. The molecule has 4 heteroatoms. The van der Waals surface area contributed by atoms with Gasteiger partial charge < -0.3 is 4.74 Å². The van der Waals surface area contributed by atoms with Gasteiger partial charge in [0, 0.05) is 18.7 Å². The predicted octanol–water partition coefficient (Wildman–Crippen LogP) is 1.12. The van der Waals surface area contributed by atoms with Crippen molar-refractivity contribution < 1.29 is 4.74 Å². The standard InChI is InChI=1S/C9H13N3O/c1-2-7(1)9-5-12(11-10-9)8-3-4-13-6-8/h5,7-8H,1-4,6H2. The van der Waals surface area contributed by atoms with Crippen molar-refractivity contribution in [1.82, 2.24) is 15.0 Å². The Labute approximate surface area is 76.9 Å². The molecule has 1 aliphatic carbocycles. The first-order valence-electron chi connectivity index (χ1n) is 4.93. The van der Waals surface area contributed by atoms with Gasteiger partial charge in [0.25, 0.3) is 0 Å². The van der Waals surface area contributed by atoms with Crippen molar-refractivity contribution >= 4 is 0 Å². The quantitative estimate of drug-likeness (QED) is 0.683. The summed E-state index contributed by atoms with van der Waals surface area (Å²) in [5.74, 6) is 0.705. The van der Waals surface area contributed by atoms with Crippen LogP contribution in [0.1, 0.15) is 36.9 Å². The van der Waals surface area contributed by atoms with Crippen LogP contribution in [0.5, 0.6) is 0 Å². The summed E-state index contributed by atoms with van der Waals surface area (Å²) in [4.78, 5) is 0. The summed E-state index contributed by atoms with van der Waals surface area (Å²) in [6, 6.07) is 0.431. The van der Waals surface area contributed by atoms with Gasteiger partial charge in [-0.1, -0.05) is 5.21 Å². The van der Waals surface area contributed by atoms with Crippen molar-refractivity contribution in [3.63, 3.8) is 0 Å². The fourth-order valence-corrected chi connectivity index (χ4v) is 1.77. The van der Waals surface area contributed by atoms with Gasteiger partial charge in [-0.15, -0.1) is 5.10 Å². The van der Waals surface area contributed by atoms with Crippen LogP contribution in [0.15, 0.2) is 6.20 Å². The summed E-state index contributed by atoms with van der Waals surface area (Å²) >= 11 is 0. The lowest BCUT2D eigenvalue weighted by Gasteiger charge is -2.04. The molecule has 1 saturated heterocycles. The van der Waals surface area contributed by atoms with E-state index in [4.69, 9.17) is 4.74 Å². The minimum Gasteiger partial charge on any atom is -0.379 e. The minimum absolute atomic E-state index is 0.431. The average Bonchev–Trinajstić information content (AvgIpc) is 2.72. The Balaban J connectivity index is 1.79. The zero-order chi connectivity index (χ0) is 8.67. The zero-order valence-electron chi connectivity index (χ0n) is 7.52. The van der Waals surface area contributed by atoms with Crippen LogP contribution in [0, 0.1) is 0 Å². The molecule has 1 aliphatic heterocycles. The fourth-order valence-electron chi connectivity index (χ4n) is 1.77. The Kier molecular flexibility index (Phi) is 1.62. The van der Waals surface area contributed by atoms with Crippen LogP contribution < -0.4 is 0 Å². The van der Waals surface area contributed by atoms with Gasteiger partial charge in [-0.2, -0.15) is 0 Å². The molecule has 13 heavy (non-hydrogen) atoms. The largest absolute Gasteiger partial charge is 0.379 e. The smallest absolute Gasteiger partial charge is 0.0858 e. The van der Waals surface area contributed by atoms with Crippen molar-refractivity contribution in [1.29, 1.82) is 0 Å².